The van der Waals surface area contributed by atoms with E-state index in [0.717, 1.165) is 5.56 Å². The van der Waals surface area contributed by atoms with Gasteiger partial charge in [0.25, 0.3) is 11.2 Å². The zero-order valence-electron chi connectivity index (χ0n) is 10.8. The van der Waals surface area contributed by atoms with Gasteiger partial charge in [-0.3, -0.25) is 25.0 Å². The lowest BCUT2D eigenvalue weighted by atomic mass is 10.2. The Bertz CT molecular complexity index is 835. The Kier molecular flexibility index (Phi) is 3.07. The molecule has 0 amide bonds. The molecule has 0 saturated carbocycles. The van der Waals surface area contributed by atoms with Crippen molar-refractivity contribution in [3.63, 3.8) is 0 Å². The van der Waals surface area contributed by atoms with Gasteiger partial charge in [0, 0.05) is 36.2 Å². The molecule has 0 atom stereocenters. The van der Waals surface area contributed by atoms with Crippen molar-refractivity contribution in [2.75, 3.05) is 0 Å². The fourth-order valence-corrected chi connectivity index (χ4v) is 1.99. The molecule has 0 aliphatic rings. The normalized spacial score (nSPS) is 10.5. The van der Waals surface area contributed by atoms with E-state index in [1.807, 2.05) is 0 Å². The van der Waals surface area contributed by atoms with Crippen molar-refractivity contribution in [3.05, 3.63) is 75.3 Å². The number of pyridine rings is 1. The van der Waals surface area contributed by atoms with E-state index in [-0.39, 0.29) is 11.2 Å². The van der Waals surface area contributed by atoms with Crippen LogP contribution in [0.3, 0.4) is 0 Å². The van der Waals surface area contributed by atoms with Gasteiger partial charge in [-0.05, 0) is 24.3 Å². The van der Waals surface area contributed by atoms with Gasteiger partial charge in [-0.15, -0.1) is 0 Å². The fraction of sp³-hybridized carbons (Fsp3) is 0. The summed E-state index contributed by atoms with van der Waals surface area (Å²) >= 11 is 0. The second-order valence-electron chi connectivity index (χ2n) is 4.35. The van der Waals surface area contributed by atoms with E-state index >= 15 is 0 Å². The molecule has 1 aromatic carbocycles. The highest BCUT2D eigenvalue weighted by Crippen LogP contribution is 2.17. The number of rotatable bonds is 3. The molecule has 21 heavy (non-hydrogen) atoms. The summed E-state index contributed by atoms with van der Waals surface area (Å²) < 4.78 is 1.33. The Hall–Kier alpha value is -3.22. The number of hydrogen-bond acceptors (Lipinski definition) is 4. The Morgan fingerprint density at radius 2 is 1.76 bits per heavy atom. The number of hydrogen-bond donors (Lipinski definition) is 1. The third-order valence-electron chi connectivity index (χ3n) is 3.03. The molecule has 0 saturated heterocycles. The van der Waals surface area contributed by atoms with Gasteiger partial charge in [-0.2, -0.15) is 0 Å². The highest BCUT2D eigenvalue weighted by molar-refractivity contribution is 5.58. The molecule has 104 valence electrons. The Morgan fingerprint density at radius 3 is 2.38 bits per heavy atom. The quantitative estimate of drug-likeness (QED) is 0.588. The second kappa shape index (κ2) is 5.04. The predicted molar refractivity (Wildman–Crippen MR) is 76.3 cm³/mol. The molecule has 7 heteroatoms. The monoisotopic (exact) mass is 282 g/mol. The van der Waals surface area contributed by atoms with Crippen molar-refractivity contribution in [2.24, 2.45) is 0 Å². The lowest BCUT2D eigenvalue weighted by Gasteiger charge is -2.02. The summed E-state index contributed by atoms with van der Waals surface area (Å²) in [6, 6.07) is 10.8. The highest BCUT2D eigenvalue weighted by atomic mass is 16.6. The molecule has 3 aromatic rings. The van der Waals surface area contributed by atoms with Gasteiger partial charge in [0.2, 0.25) is 0 Å². The Balaban J connectivity index is 2.02. The number of nitrogens with one attached hydrogen (secondary N) is 1. The van der Waals surface area contributed by atoms with Gasteiger partial charge in [0.1, 0.15) is 0 Å². The average Bonchev–Trinajstić information content (AvgIpc) is 2.90. The number of aromatic nitrogens is 3. The number of nitro benzene ring substituents is 1. The maximum Gasteiger partial charge on any atom is 0.271 e. The van der Waals surface area contributed by atoms with Gasteiger partial charge in [-0.25, -0.2) is 4.68 Å². The first-order chi connectivity index (χ1) is 10.1. The molecule has 7 nitrogen and oxygen atoms in total. The number of nitrogens with zero attached hydrogens (tertiary/aromatic N) is 3. The molecule has 0 aliphatic carbocycles. The fourth-order valence-electron chi connectivity index (χ4n) is 1.99. The molecule has 2 aromatic heterocycles. The highest BCUT2D eigenvalue weighted by Gasteiger charge is 2.09. The molecule has 0 unspecified atom stereocenters. The molecule has 1 N–H and O–H groups in total. The largest absolute Gasteiger partial charge is 0.290 e. The summed E-state index contributed by atoms with van der Waals surface area (Å²) in [5, 5.41) is 13.6. The summed E-state index contributed by atoms with van der Waals surface area (Å²) in [7, 11) is 0. The van der Waals surface area contributed by atoms with Crippen LogP contribution in [0.15, 0.2) is 59.7 Å². The van der Waals surface area contributed by atoms with E-state index < -0.39 is 4.92 Å². The van der Waals surface area contributed by atoms with Crippen LogP contribution in [0.1, 0.15) is 0 Å². The van der Waals surface area contributed by atoms with Crippen molar-refractivity contribution in [1.82, 2.24) is 14.8 Å². The van der Waals surface area contributed by atoms with Crippen molar-refractivity contribution < 1.29 is 4.92 Å². The van der Waals surface area contributed by atoms with E-state index in [1.165, 1.54) is 35.0 Å². The van der Waals surface area contributed by atoms with Crippen LogP contribution < -0.4 is 5.56 Å². The van der Waals surface area contributed by atoms with E-state index in [2.05, 4.69) is 10.1 Å². The maximum atomic E-state index is 12.0. The minimum Gasteiger partial charge on any atom is -0.290 e. The predicted octanol–water partition coefficient (Wildman–Crippen LogP) is 2.14. The SMILES string of the molecule is O=c1cc(-c2ccncc2)[nH]n1-c1ccc([N+](=O)[O-])cc1. The van der Waals surface area contributed by atoms with E-state index in [0.29, 0.717) is 11.4 Å². The standard InChI is InChI=1S/C14H10N4O3/c19-14-9-13(10-5-7-15-8-6-10)16-17(14)11-1-3-12(4-2-11)18(20)21/h1-9,16H. The van der Waals surface area contributed by atoms with Crippen LogP contribution in [0.2, 0.25) is 0 Å². The summed E-state index contributed by atoms with van der Waals surface area (Å²) in [6.07, 6.45) is 3.27. The number of aromatic amines is 1. The topological polar surface area (TPSA) is 93.8 Å². The van der Waals surface area contributed by atoms with Crippen LogP contribution in [-0.4, -0.2) is 19.7 Å². The van der Waals surface area contributed by atoms with Crippen molar-refractivity contribution >= 4 is 5.69 Å². The first-order valence-electron chi connectivity index (χ1n) is 6.12. The molecule has 0 radical (unpaired) electrons. The zero-order valence-corrected chi connectivity index (χ0v) is 10.8. The van der Waals surface area contributed by atoms with Gasteiger partial charge in [0.05, 0.1) is 16.3 Å². The maximum absolute atomic E-state index is 12.0. The summed E-state index contributed by atoms with van der Waals surface area (Å²) in [4.78, 5) is 26.1. The number of H-pyrrole nitrogens is 1. The number of nitro groups is 1. The lowest BCUT2D eigenvalue weighted by Crippen LogP contribution is -2.13. The van der Waals surface area contributed by atoms with Gasteiger partial charge in [0.15, 0.2) is 0 Å². The smallest absolute Gasteiger partial charge is 0.271 e. The van der Waals surface area contributed by atoms with Crippen molar-refractivity contribution in [3.8, 4) is 16.9 Å². The average molecular weight is 282 g/mol. The molecular weight excluding hydrogens is 272 g/mol. The second-order valence-corrected chi connectivity index (χ2v) is 4.35. The number of non-ortho nitro benzene ring substituents is 1. The molecule has 0 spiro atoms. The first kappa shape index (κ1) is 12.8. The molecule has 0 bridgehead atoms. The van der Waals surface area contributed by atoms with E-state index in [4.69, 9.17) is 0 Å². The lowest BCUT2D eigenvalue weighted by molar-refractivity contribution is -0.384. The van der Waals surface area contributed by atoms with Crippen LogP contribution in [-0.2, 0) is 0 Å². The molecular formula is C14H10N4O3. The van der Waals surface area contributed by atoms with Crippen LogP contribution in [0.4, 0.5) is 5.69 Å². The van der Waals surface area contributed by atoms with Gasteiger partial charge >= 0.3 is 0 Å². The number of benzene rings is 1. The Labute approximate surface area is 118 Å². The summed E-state index contributed by atoms with van der Waals surface area (Å²) in [6.45, 7) is 0. The van der Waals surface area contributed by atoms with E-state index in [1.54, 1.807) is 24.5 Å². The van der Waals surface area contributed by atoms with Gasteiger partial charge in [-0.1, -0.05) is 0 Å². The first-order valence-corrected chi connectivity index (χ1v) is 6.12. The molecule has 0 aliphatic heterocycles. The molecule has 3 rings (SSSR count). The van der Waals surface area contributed by atoms with Crippen molar-refractivity contribution in [2.45, 2.75) is 0 Å². The third-order valence-corrected chi connectivity index (χ3v) is 3.03. The van der Waals surface area contributed by atoms with E-state index in [9.17, 15) is 14.9 Å². The molecule has 2 heterocycles. The van der Waals surface area contributed by atoms with Crippen LogP contribution in [0.5, 0.6) is 0 Å². The minimum atomic E-state index is -0.482. The van der Waals surface area contributed by atoms with Crippen LogP contribution in [0.25, 0.3) is 16.9 Å². The minimum absolute atomic E-state index is 0.0206. The van der Waals surface area contributed by atoms with Crippen molar-refractivity contribution in [1.29, 1.82) is 0 Å². The third kappa shape index (κ3) is 2.44. The van der Waals surface area contributed by atoms with Gasteiger partial charge < -0.3 is 0 Å². The van der Waals surface area contributed by atoms with Crippen LogP contribution >= 0.6 is 0 Å². The summed E-state index contributed by atoms with van der Waals surface area (Å²) in [5.41, 5.74) is 1.76. The Morgan fingerprint density at radius 1 is 1.10 bits per heavy atom. The zero-order chi connectivity index (χ0) is 14.8. The summed E-state index contributed by atoms with van der Waals surface area (Å²) in [5.74, 6) is 0. The molecule has 0 fully saturated rings. The van der Waals surface area contributed by atoms with Crippen LogP contribution in [0, 0.1) is 10.1 Å².